The molecule has 0 bridgehead atoms. The summed E-state index contributed by atoms with van der Waals surface area (Å²) in [5.74, 6) is -1.59. The molecule has 0 radical (unpaired) electrons. The van der Waals surface area contributed by atoms with Gasteiger partial charge >= 0.3 is 5.97 Å². The number of nitrogens with one attached hydrogen (secondary N) is 1. The fourth-order valence-electron chi connectivity index (χ4n) is 5.03. The molecule has 1 aliphatic carbocycles. The van der Waals surface area contributed by atoms with E-state index in [-0.39, 0.29) is 35.9 Å². The van der Waals surface area contributed by atoms with Crippen LogP contribution in [0, 0.1) is 0 Å². The quantitative estimate of drug-likeness (QED) is 0.358. The van der Waals surface area contributed by atoms with Crippen molar-refractivity contribution in [2.24, 2.45) is 0 Å². The lowest BCUT2D eigenvalue weighted by molar-refractivity contribution is -0.125. The SMILES string of the molecule is CCOc1ccc(CN2C(=O)c3ccccc3C2=O)cc1C(=O)OCC(=O)NC1CCCc2ccccc21. The van der Waals surface area contributed by atoms with Gasteiger partial charge in [0.25, 0.3) is 17.7 Å². The maximum Gasteiger partial charge on any atom is 0.342 e. The summed E-state index contributed by atoms with van der Waals surface area (Å²) in [6, 6.07) is 19.4. The van der Waals surface area contributed by atoms with Gasteiger partial charge in [0.2, 0.25) is 0 Å². The van der Waals surface area contributed by atoms with Gasteiger partial charge in [-0.3, -0.25) is 19.3 Å². The summed E-state index contributed by atoms with van der Waals surface area (Å²) in [4.78, 5) is 52.3. The van der Waals surface area contributed by atoms with Crippen LogP contribution in [0.5, 0.6) is 5.75 Å². The fourth-order valence-corrected chi connectivity index (χ4v) is 5.03. The number of amides is 3. The van der Waals surface area contributed by atoms with Crippen molar-refractivity contribution < 1.29 is 28.7 Å². The van der Waals surface area contributed by atoms with Gasteiger partial charge < -0.3 is 14.8 Å². The molecule has 194 valence electrons. The number of carbonyl (C=O) groups excluding carboxylic acids is 4. The van der Waals surface area contributed by atoms with Crippen molar-refractivity contribution in [2.75, 3.05) is 13.2 Å². The summed E-state index contributed by atoms with van der Waals surface area (Å²) in [6.45, 7) is 1.66. The molecule has 0 aromatic heterocycles. The molecule has 3 aromatic rings. The molecule has 0 spiro atoms. The summed E-state index contributed by atoms with van der Waals surface area (Å²) < 4.78 is 10.9. The third-order valence-corrected chi connectivity index (χ3v) is 6.82. The van der Waals surface area contributed by atoms with Crippen LogP contribution in [-0.2, 0) is 22.5 Å². The Kier molecular flexibility index (Phi) is 7.22. The molecule has 5 rings (SSSR count). The fraction of sp³-hybridized carbons (Fsp3) is 0.267. The van der Waals surface area contributed by atoms with Crippen LogP contribution in [-0.4, -0.2) is 41.8 Å². The van der Waals surface area contributed by atoms with Gasteiger partial charge in [-0.25, -0.2) is 4.79 Å². The molecule has 3 amide bonds. The second-order valence-corrected chi connectivity index (χ2v) is 9.29. The van der Waals surface area contributed by atoms with E-state index in [1.165, 1.54) is 11.6 Å². The van der Waals surface area contributed by atoms with E-state index in [4.69, 9.17) is 9.47 Å². The summed E-state index contributed by atoms with van der Waals surface area (Å²) >= 11 is 0. The Bertz CT molecular complexity index is 1380. The van der Waals surface area contributed by atoms with Gasteiger partial charge in [0, 0.05) is 0 Å². The van der Waals surface area contributed by atoms with E-state index in [0.29, 0.717) is 29.0 Å². The molecule has 8 nitrogen and oxygen atoms in total. The number of hydrogen-bond donors (Lipinski definition) is 1. The molecular formula is C30H28N2O6. The predicted molar refractivity (Wildman–Crippen MR) is 139 cm³/mol. The first-order valence-electron chi connectivity index (χ1n) is 12.7. The lowest BCUT2D eigenvalue weighted by atomic mass is 9.88. The topological polar surface area (TPSA) is 102 Å². The zero-order valence-corrected chi connectivity index (χ0v) is 21.1. The highest BCUT2D eigenvalue weighted by Gasteiger charge is 2.35. The van der Waals surface area contributed by atoms with Crippen LogP contribution >= 0.6 is 0 Å². The number of benzene rings is 3. The van der Waals surface area contributed by atoms with Crippen molar-refractivity contribution in [3.63, 3.8) is 0 Å². The predicted octanol–water partition coefficient (Wildman–Crippen LogP) is 4.23. The smallest absolute Gasteiger partial charge is 0.342 e. The van der Waals surface area contributed by atoms with Gasteiger partial charge in [0.05, 0.1) is 30.3 Å². The van der Waals surface area contributed by atoms with Gasteiger partial charge in [-0.1, -0.05) is 42.5 Å². The third-order valence-electron chi connectivity index (χ3n) is 6.82. The molecule has 1 heterocycles. The lowest BCUT2D eigenvalue weighted by Gasteiger charge is -2.26. The molecule has 1 unspecified atom stereocenters. The molecule has 0 saturated heterocycles. The first kappa shape index (κ1) is 25.2. The first-order valence-corrected chi connectivity index (χ1v) is 12.7. The van der Waals surface area contributed by atoms with Gasteiger partial charge in [0.15, 0.2) is 6.61 Å². The molecule has 38 heavy (non-hydrogen) atoms. The highest BCUT2D eigenvalue weighted by Crippen LogP contribution is 2.30. The van der Waals surface area contributed by atoms with E-state index >= 15 is 0 Å². The van der Waals surface area contributed by atoms with Crippen molar-refractivity contribution in [2.45, 2.75) is 38.8 Å². The van der Waals surface area contributed by atoms with Crippen LogP contribution in [0.4, 0.5) is 0 Å². The normalized spacial score (nSPS) is 16.0. The molecular weight excluding hydrogens is 484 g/mol. The molecule has 2 aliphatic rings. The Labute approximate surface area is 220 Å². The van der Waals surface area contributed by atoms with Crippen molar-refractivity contribution in [1.29, 1.82) is 0 Å². The van der Waals surface area contributed by atoms with E-state index in [0.717, 1.165) is 29.7 Å². The number of esters is 1. The average Bonchev–Trinajstić information content (AvgIpc) is 3.17. The zero-order valence-electron chi connectivity index (χ0n) is 21.1. The van der Waals surface area contributed by atoms with Crippen LogP contribution in [0.2, 0.25) is 0 Å². The van der Waals surface area contributed by atoms with Gasteiger partial charge in [-0.05, 0) is 67.1 Å². The van der Waals surface area contributed by atoms with Crippen molar-refractivity contribution >= 4 is 23.7 Å². The number of imide groups is 1. The number of aryl methyl sites for hydroxylation is 1. The van der Waals surface area contributed by atoms with Gasteiger partial charge in [0.1, 0.15) is 11.3 Å². The van der Waals surface area contributed by atoms with E-state index in [1.54, 1.807) is 43.3 Å². The molecule has 0 fully saturated rings. The third kappa shape index (κ3) is 5.02. The second kappa shape index (κ2) is 10.9. The van der Waals surface area contributed by atoms with Crippen LogP contribution in [0.25, 0.3) is 0 Å². The molecule has 1 N–H and O–H groups in total. The first-order chi connectivity index (χ1) is 18.5. The van der Waals surface area contributed by atoms with Crippen LogP contribution in [0.15, 0.2) is 66.7 Å². The van der Waals surface area contributed by atoms with Crippen molar-refractivity contribution in [1.82, 2.24) is 10.2 Å². The standard InChI is InChI=1S/C30H28N2O6/c1-2-37-26-15-14-19(17-32-28(34)22-11-5-6-12-23(22)29(32)35)16-24(26)30(36)38-18-27(33)31-25-13-7-9-20-8-3-4-10-21(20)25/h3-6,8,10-12,14-16,25H,2,7,9,13,17-18H2,1H3,(H,31,33). The molecule has 1 atom stereocenters. The minimum Gasteiger partial charge on any atom is -0.493 e. The highest BCUT2D eigenvalue weighted by atomic mass is 16.5. The van der Waals surface area contributed by atoms with Crippen LogP contribution in [0.1, 0.15) is 73.6 Å². The largest absolute Gasteiger partial charge is 0.493 e. The van der Waals surface area contributed by atoms with E-state index in [1.807, 2.05) is 18.2 Å². The van der Waals surface area contributed by atoms with E-state index in [2.05, 4.69) is 11.4 Å². The molecule has 0 saturated carbocycles. The maximum absolute atomic E-state index is 13.0. The Morgan fingerprint density at radius 3 is 2.42 bits per heavy atom. The van der Waals surface area contributed by atoms with Crippen LogP contribution < -0.4 is 10.1 Å². The Balaban J connectivity index is 1.26. The second-order valence-electron chi connectivity index (χ2n) is 9.29. The van der Waals surface area contributed by atoms with Gasteiger partial charge in [-0.2, -0.15) is 0 Å². The average molecular weight is 513 g/mol. The Hall–Kier alpha value is -4.46. The van der Waals surface area contributed by atoms with Crippen molar-refractivity contribution in [3.8, 4) is 5.75 Å². The number of ether oxygens (including phenoxy) is 2. The minimum absolute atomic E-state index is 0.0133. The zero-order chi connectivity index (χ0) is 26.6. The van der Waals surface area contributed by atoms with E-state index in [9.17, 15) is 19.2 Å². The highest BCUT2D eigenvalue weighted by molar-refractivity contribution is 6.21. The number of rotatable bonds is 8. The van der Waals surface area contributed by atoms with Crippen LogP contribution in [0.3, 0.4) is 0 Å². The maximum atomic E-state index is 13.0. The molecule has 3 aromatic carbocycles. The summed E-state index contributed by atoms with van der Waals surface area (Å²) in [5, 5.41) is 2.97. The summed E-state index contributed by atoms with van der Waals surface area (Å²) in [5.41, 5.74) is 3.70. The number of carbonyl (C=O) groups is 4. The summed E-state index contributed by atoms with van der Waals surface area (Å²) in [7, 11) is 0. The lowest BCUT2D eigenvalue weighted by Crippen LogP contribution is -2.34. The molecule has 1 aliphatic heterocycles. The molecule has 8 heteroatoms. The minimum atomic E-state index is -0.725. The number of fused-ring (bicyclic) bond motifs is 2. The Morgan fingerprint density at radius 1 is 0.974 bits per heavy atom. The number of hydrogen-bond acceptors (Lipinski definition) is 6. The van der Waals surface area contributed by atoms with E-state index < -0.39 is 12.6 Å². The van der Waals surface area contributed by atoms with Crippen molar-refractivity contribution in [3.05, 3.63) is 100 Å². The monoisotopic (exact) mass is 512 g/mol. The van der Waals surface area contributed by atoms with Gasteiger partial charge in [-0.15, -0.1) is 0 Å². The summed E-state index contributed by atoms with van der Waals surface area (Å²) in [6.07, 6.45) is 2.78. The number of nitrogens with zero attached hydrogens (tertiary/aromatic N) is 1. The Morgan fingerprint density at radius 2 is 1.68 bits per heavy atom.